The number of rotatable bonds is 8. The number of halogens is 2. The molecule has 0 unspecified atom stereocenters. The van der Waals surface area contributed by atoms with Gasteiger partial charge in [0.05, 0.1) is 44.6 Å². The Hall–Kier alpha value is -3.79. The van der Waals surface area contributed by atoms with E-state index in [-0.39, 0.29) is 18.6 Å². The number of benzene rings is 3. The Morgan fingerprint density at radius 3 is 2.21 bits per heavy atom. The molecular formula is C32H34Cl2N4O5. The van der Waals surface area contributed by atoms with Crippen LogP contribution in [0.15, 0.2) is 71.7 Å². The first-order valence-corrected chi connectivity index (χ1v) is 14.9. The zero-order chi connectivity index (χ0) is 30.5. The van der Waals surface area contributed by atoms with Crippen LogP contribution in [0, 0.1) is 0 Å². The molecule has 2 aliphatic rings. The van der Waals surface area contributed by atoms with E-state index in [0.29, 0.717) is 59.2 Å². The lowest BCUT2D eigenvalue weighted by atomic mass is 9.94. The van der Waals surface area contributed by atoms with Gasteiger partial charge in [-0.2, -0.15) is 0 Å². The maximum atomic E-state index is 14.2. The molecule has 226 valence electrons. The van der Waals surface area contributed by atoms with Gasteiger partial charge in [0, 0.05) is 29.2 Å². The smallest absolute Gasteiger partial charge is 0.324 e. The molecule has 11 heteroatoms. The molecule has 2 aliphatic heterocycles. The number of hydrogen-bond acceptors (Lipinski definition) is 6. The average Bonchev–Trinajstić information content (AvgIpc) is 3.41. The van der Waals surface area contributed by atoms with Gasteiger partial charge in [0.2, 0.25) is 5.91 Å². The normalized spacial score (nSPS) is 18.4. The molecule has 5 rings (SSSR count). The summed E-state index contributed by atoms with van der Waals surface area (Å²) in [5.74, 6) is 1.34. The minimum atomic E-state index is -0.569. The number of carbonyl (C=O) groups excluding carboxylic acids is 2. The SMILES string of the molecule is COc1ccc(C2=N[C@H](c3ccc(Cl)cc3)[C@H](c3ccc(Cl)cc3)N2C(=O)NCC(=O)N2CCOCC2)c(OC(C)C)c1. The van der Waals surface area contributed by atoms with Crippen LogP contribution in [-0.2, 0) is 9.53 Å². The highest BCUT2D eigenvalue weighted by Gasteiger charge is 2.43. The van der Waals surface area contributed by atoms with Crippen molar-refractivity contribution in [2.75, 3.05) is 40.0 Å². The van der Waals surface area contributed by atoms with Gasteiger partial charge >= 0.3 is 6.03 Å². The number of amides is 3. The molecule has 3 aromatic rings. The third kappa shape index (κ3) is 7.06. The van der Waals surface area contributed by atoms with E-state index in [9.17, 15) is 9.59 Å². The number of carbonyl (C=O) groups is 2. The summed E-state index contributed by atoms with van der Waals surface area (Å²) < 4.78 is 17.0. The fourth-order valence-corrected chi connectivity index (χ4v) is 5.45. The molecule has 2 atom stereocenters. The van der Waals surface area contributed by atoms with Gasteiger partial charge in [-0.15, -0.1) is 0 Å². The Kier molecular flexibility index (Phi) is 9.75. The number of nitrogens with zero attached hydrogens (tertiary/aromatic N) is 3. The molecule has 0 spiro atoms. The summed E-state index contributed by atoms with van der Waals surface area (Å²) in [6, 6.07) is 18.6. The number of hydrogen-bond donors (Lipinski definition) is 1. The Morgan fingerprint density at radius 2 is 1.60 bits per heavy atom. The van der Waals surface area contributed by atoms with Crippen molar-refractivity contribution in [3.63, 3.8) is 0 Å². The van der Waals surface area contributed by atoms with E-state index >= 15 is 0 Å². The highest BCUT2D eigenvalue weighted by atomic mass is 35.5. The fraction of sp³-hybridized carbons (Fsp3) is 0.344. The number of ether oxygens (including phenoxy) is 3. The van der Waals surface area contributed by atoms with Gasteiger partial charge in [-0.3, -0.25) is 14.7 Å². The Bertz CT molecular complexity index is 1470. The van der Waals surface area contributed by atoms with Crippen LogP contribution in [0.1, 0.15) is 42.6 Å². The van der Waals surface area contributed by atoms with Crippen LogP contribution in [0.3, 0.4) is 0 Å². The van der Waals surface area contributed by atoms with E-state index in [1.807, 2.05) is 44.2 Å². The highest BCUT2D eigenvalue weighted by Crippen LogP contribution is 2.45. The van der Waals surface area contributed by atoms with E-state index in [1.165, 1.54) is 0 Å². The maximum absolute atomic E-state index is 14.2. The number of nitrogens with one attached hydrogen (secondary N) is 1. The summed E-state index contributed by atoms with van der Waals surface area (Å²) >= 11 is 12.5. The first-order chi connectivity index (χ1) is 20.7. The van der Waals surface area contributed by atoms with Gasteiger partial charge in [0.25, 0.3) is 0 Å². The fourth-order valence-electron chi connectivity index (χ4n) is 5.19. The number of urea groups is 1. The van der Waals surface area contributed by atoms with Crippen molar-refractivity contribution in [3.8, 4) is 11.5 Å². The molecule has 1 saturated heterocycles. The molecular weight excluding hydrogens is 591 g/mol. The Morgan fingerprint density at radius 1 is 0.977 bits per heavy atom. The lowest BCUT2D eigenvalue weighted by Gasteiger charge is -2.31. The van der Waals surface area contributed by atoms with Crippen LogP contribution in [0.25, 0.3) is 0 Å². The Balaban J connectivity index is 1.60. The number of morpholine rings is 1. The first kappa shape index (κ1) is 30.7. The standard InChI is InChI=1S/C32H34Cl2N4O5/c1-20(2)43-27-18-25(41-3)12-13-26(27)31-36-29(21-4-8-23(33)9-5-21)30(22-6-10-24(34)11-7-22)38(31)32(40)35-19-28(39)37-14-16-42-17-15-37/h4-13,18,20,29-30H,14-17,19H2,1-3H3,(H,35,40)/t29-,30+/m1/s1. The van der Waals surface area contributed by atoms with Crippen LogP contribution in [0.4, 0.5) is 4.79 Å². The molecule has 0 radical (unpaired) electrons. The number of amidine groups is 1. The first-order valence-electron chi connectivity index (χ1n) is 14.1. The molecule has 43 heavy (non-hydrogen) atoms. The van der Waals surface area contributed by atoms with Crippen molar-refractivity contribution in [1.29, 1.82) is 0 Å². The molecule has 3 aromatic carbocycles. The number of aliphatic imine (C=N–C) groups is 1. The van der Waals surface area contributed by atoms with Crippen molar-refractivity contribution < 1.29 is 23.8 Å². The summed E-state index contributed by atoms with van der Waals surface area (Å²) in [7, 11) is 1.58. The van der Waals surface area contributed by atoms with Crippen molar-refractivity contribution in [3.05, 3.63) is 93.5 Å². The summed E-state index contributed by atoms with van der Waals surface area (Å²) in [6.45, 7) is 5.60. The number of methoxy groups -OCH3 is 1. The van der Waals surface area contributed by atoms with Crippen LogP contribution in [0.2, 0.25) is 10.0 Å². The van der Waals surface area contributed by atoms with Crippen LogP contribution >= 0.6 is 23.2 Å². The monoisotopic (exact) mass is 624 g/mol. The minimum Gasteiger partial charge on any atom is -0.497 e. The molecule has 1 N–H and O–H groups in total. The van der Waals surface area contributed by atoms with Crippen LogP contribution < -0.4 is 14.8 Å². The second kappa shape index (κ2) is 13.7. The lowest BCUT2D eigenvalue weighted by Crippen LogP contribution is -2.49. The zero-order valence-corrected chi connectivity index (χ0v) is 25.8. The quantitative estimate of drug-likeness (QED) is 0.337. The van der Waals surface area contributed by atoms with Crippen LogP contribution in [-0.4, -0.2) is 73.6 Å². The van der Waals surface area contributed by atoms with Crippen molar-refractivity contribution >= 4 is 41.0 Å². The molecule has 3 amide bonds. The Labute approximate surface area is 261 Å². The topological polar surface area (TPSA) is 92.7 Å². The molecule has 2 heterocycles. The largest absolute Gasteiger partial charge is 0.497 e. The molecule has 0 bridgehead atoms. The third-order valence-corrected chi connectivity index (χ3v) is 7.76. The van der Waals surface area contributed by atoms with E-state index in [4.69, 9.17) is 42.4 Å². The minimum absolute atomic E-state index is 0.152. The van der Waals surface area contributed by atoms with Gasteiger partial charge in [-0.25, -0.2) is 4.79 Å². The third-order valence-electron chi connectivity index (χ3n) is 7.26. The summed E-state index contributed by atoms with van der Waals surface area (Å²) in [5, 5.41) is 4.02. The molecule has 1 fully saturated rings. The van der Waals surface area contributed by atoms with E-state index in [0.717, 1.165) is 11.1 Å². The van der Waals surface area contributed by atoms with Gasteiger partial charge in [-0.05, 0) is 61.4 Å². The summed E-state index contributed by atoms with van der Waals surface area (Å²) in [4.78, 5) is 35.6. The summed E-state index contributed by atoms with van der Waals surface area (Å²) in [5.41, 5.74) is 2.29. The van der Waals surface area contributed by atoms with E-state index in [1.54, 1.807) is 53.3 Å². The van der Waals surface area contributed by atoms with Crippen LogP contribution in [0.5, 0.6) is 11.5 Å². The molecule has 9 nitrogen and oxygen atoms in total. The van der Waals surface area contributed by atoms with Gasteiger partial charge in [0.15, 0.2) is 0 Å². The molecule has 0 aromatic heterocycles. The van der Waals surface area contributed by atoms with Gasteiger partial charge < -0.3 is 24.4 Å². The van der Waals surface area contributed by atoms with Crippen molar-refractivity contribution in [2.24, 2.45) is 4.99 Å². The van der Waals surface area contributed by atoms with Crippen molar-refractivity contribution in [1.82, 2.24) is 15.1 Å². The zero-order valence-electron chi connectivity index (χ0n) is 24.3. The van der Waals surface area contributed by atoms with Crippen molar-refractivity contribution in [2.45, 2.75) is 32.0 Å². The predicted molar refractivity (Wildman–Crippen MR) is 166 cm³/mol. The van der Waals surface area contributed by atoms with E-state index in [2.05, 4.69) is 5.32 Å². The molecule has 0 saturated carbocycles. The maximum Gasteiger partial charge on any atom is 0.324 e. The summed E-state index contributed by atoms with van der Waals surface area (Å²) in [6.07, 6.45) is -0.152. The molecule has 0 aliphatic carbocycles. The van der Waals surface area contributed by atoms with Gasteiger partial charge in [-0.1, -0.05) is 47.5 Å². The lowest BCUT2D eigenvalue weighted by molar-refractivity contribution is -0.134. The average molecular weight is 626 g/mol. The second-order valence-electron chi connectivity index (χ2n) is 10.5. The van der Waals surface area contributed by atoms with E-state index < -0.39 is 18.1 Å². The highest BCUT2D eigenvalue weighted by molar-refractivity contribution is 6.30. The second-order valence-corrected chi connectivity index (χ2v) is 11.4. The van der Waals surface area contributed by atoms with Gasteiger partial charge in [0.1, 0.15) is 23.4 Å². The predicted octanol–water partition coefficient (Wildman–Crippen LogP) is 5.90.